The molecule has 0 aliphatic carbocycles. The third kappa shape index (κ3) is 1.80. The molecule has 2 nitrogen and oxygen atoms in total. The summed E-state index contributed by atoms with van der Waals surface area (Å²) < 4.78 is 24.9. The molecule has 0 fully saturated rings. The average molecular weight is 156 g/mol. The molecular weight excluding hydrogens is 150 g/mol. The molecule has 0 bridgehead atoms. The van der Waals surface area contributed by atoms with Crippen LogP contribution in [0.2, 0.25) is 0 Å². The zero-order valence-corrected chi connectivity index (χ0v) is 5.64. The van der Waals surface area contributed by atoms with Crippen LogP contribution in [-0.4, -0.2) is 0 Å². The van der Waals surface area contributed by atoms with Crippen molar-refractivity contribution in [1.82, 2.24) is 0 Å². The highest BCUT2D eigenvalue weighted by Crippen LogP contribution is 2.09. The molecule has 0 heterocycles. The smallest absolute Gasteiger partial charge is 0.131 e. The lowest BCUT2D eigenvalue weighted by atomic mass is 10.2. The van der Waals surface area contributed by atoms with Crippen LogP contribution >= 0.6 is 0 Å². The first-order valence-corrected chi connectivity index (χ1v) is 3.01. The van der Waals surface area contributed by atoms with E-state index in [1.165, 1.54) is 6.07 Å². The topological polar surface area (TPSA) is 36.2 Å². The van der Waals surface area contributed by atoms with Crippen LogP contribution in [0, 0.1) is 17.2 Å². The van der Waals surface area contributed by atoms with Crippen molar-refractivity contribution >= 4 is 0 Å². The van der Waals surface area contributed by atoms with Gasteiger partial charge in [0.25, 0.3) is 0 Å². The maximum atomic E-state index is 12.7. The maximum Gasteiger partial charge on any atom is 0.131 e. The van der Waals surface area contributed by atoms with Crippen LogP contribution in [0.15, 0.2) is 23.3 Å². The standard InChI is InChI=1S/C7H6F2N2/c8-6-2-1-5(4-11-10)7(9)3-6/h1-3,10H,4H2. The third-order valence-corrected chi connectivity index (χ3v) is 1.26. The van der Waals surface area contributed by atoms with E-state index in [2.05, 4.69) is 5.11 Å². The predicted molar refractivity (Wildman–Crippen MR) is 35.2 cm³/mol. The van der Waals surface area contributed by atoms with Gasteiger partial charge in [0.2, 0.25) is 0 Å². The van der Waals surface area contributed by atoms with Crippen LogP contribution in [0.1, 0.15) is 5.56 Å². The molecule has 0 atom stereocenters. The molecule has 0 unspecified atom stereocenters. The van der Waals surface area contributed by atoms with E-state index in [1.54, 1.807) is 0 Å². The fourth-order valence-corrected chi connectivity index (χ4v) is 0.735. The van der Waals surface area contributed by atoms with Gasteiger partial charge in [0.05, 0.1) is 6.54 Å². The molecule has 0 radical (unpaired) electrons. The summed E-state index contributed by atoms with van der Waals surface area (Å²) in [4.78, 5) is 0. The van der Waals surface area contributed by atoms with Gasteiger partial charge in [-0.05, 0) is 6.07 Å². The van der Waals surface area contributed by atoms with Gasteiger partial charge in [0, 0.05) is 11.6 Å². The summed E-state index contributed by atoms with van der Waals surface area (Å²) in [7, 11) is 0. The largest absolute Gasteiger partial charge is 0.210 e. The Morgan fingerprint density at radius 1 is 1.36 bits per heavy atom. The number of benzene rings is 1. The molecule has 58 valence electrons. The molecule has 1 rings (SSSR count). The Hall–Kier alpha value is -1.32. The first kappa shape index (κ1) is 7.78. The summed E-state index contributed by atoms with van der Waals surface area (Å²) in [5, 5.41) is 2.98. The second-order valence-electron chi connectivity index (χ2n) is 2.05. The van der Waals surface area contributed by atoms with Gasteiger partial charge in [0.15, 0.2) is 0 Å². The lowest BCUT2D eigenvalue weighted by Crippen LogP contribution is -1.88. The molecule has 0 aliphatic heterocycles. The normalized spacial score (nSPS) is 9.64. The Labute approximate surface area is 62.4 Å². The third-order valence-electron chi connectivity index (χ3n) is 1.26. The SMILES string of the molecule is N=NCc1ccc(F)cc1F. The van der Waals surface area contributed by atoms with Crippen molar-refractivity contribution in [2.45, 2.75) is 6.54 Å². The fourth-order valence-electron chi connectivity index (χ4n) is 0.735. The predicted octanol–water partition coefficient (Wildman–Crippen LogP) is 2.50. The molecule has 1 aromatic carbocycles. The number of hydrogen-bond donors (Lipinski definition) is 1. The molecule has 1 aromatic rings. The van der Waals surface area contributed by atoms with Gasteiger partial charge in [-0.1, -0.05) is 6.07 Å². The van der Waals surface area contributed by atoms with Crippen LogP contribution in [0.3, 0.4) is 0 Å². The average Bonchev–Trinajstić information content (AvgIpc) is 1.95. The minimum absolute atomic E-state index is 0.0356. The molecule has 0 aliphatic rings. The van der Waals surface area contributed by atoms with E-state index in [1.807, 2.05) is 0 Å². The second-order valence-corrected chi connectivity index (χ2v) is 2.05. The molecule has 0 saturated carbocycles. The zero-order valence-electron chi connectivity index (χ0n) is 5.64. The van der Waals surface area contributed by atoms with E-state index >= 15 is 0 Å². The van der Waals surface area contributed by atoms with E-state index in [4.69, 9.17) is 5.53 Å². The summed E-state index contributed by atoms with van der Waals surface area (Å²) in [6, 6.07) is 3.20. The van der Waals surface area contributed by atoms with Crippen molar-refractivity contribution in [3.05, 3.63) is 35.4 Å². The van der Waals surface area contributed by atoms with Crippen molar-refractivity contribution < 1.29 is 8.78 Å². The Balaban J connectivity index is 2.98. The van der Waals surface area contributed by atoms with Gasteiger partial charge in [-0.25, -0.2) is 14.3 Å². The van der Waals surface area contributed by atoms with Crippen molar-refractivity contribution in [1.29, 1.82) is 5.53 Å². The van der Waals surface area contributed by atoms with E-state index in [0.717, 1.165) is 12.1 Å². The first-order valence-electron chi connectivity index (χ1n) is 3.01. The quantitative estimate of drug-likeness (QED) is 0.638. The minimum Gasteiger partial charge on any atom is -0.210 e. The highest BCUT2D eigenvalue weighted by Gasteiger charge is 2.01. The molecule has 11 heavy (non-hydrogen) atoms. The Morgan fingerprint density at radius 3 is 2.64 bits per heavy atom. The van der Waals surface area contributed by atoms with Crippen LogP contribution in [0.25, 0.3) is 0 Å². The fraction of sp³-hybridized carbons (Fsp3) is 0.143. The summed E-state index contributed by atoms with van der Waals surface area (Å²) >= 11 is 0. The van der Waals surface area contributed by atoms with Crippen LogP contribution in [0.5, 0.6) is 0 Å². The van der Waals surface area contributed by atoms with Gasteiger partial charge in [-0.15, -0.1) is 0 Å². The van der Waals surface area contributed by atoms with Crippen molar-refractivity contribution in [3.8, 4) is 0 Å². The Morgan fingerprint density at radius 2 is 2.09 bits per heavy atom. The number of rotatable bonds is 2. The number of halogens is 2. The van der Waals surface area contributed by atoms with Gasteiger partial charge >= 0.3 is 0 Å². The van der Waals surface area contributed by atoms with E-state index in [9.17, 15) is 8.78 Å². The van der Waals surface area contributed by atoms with Crippen LogP contribution < -0.4 is 0 Å². The number of hydrogen-bond acceptors (Lipinski definition) is 2. The van der Waals surface area contributed by atoms with Crippen molar-refractivity contribution in [2.75, 3.05) is 0 Å². The molecule has 0 aromatic heterocycles. The number of nitrogens with zero attached hydrogens (tertiary/aromatic N) is 1. The van der Waals surface area contributed by atoms with Gasteiger partial charge in [0.1, 0.15) is 11.6 Å². The monoisotopic (exact) mass is 156 g/mol. The molecule has 0 spiro atoms. The summed E-state index contributed by atoms with van der Waals surface area (Å²) in [6.45, 7) is -0.0356. The second kappa shape index (κ2) is 3.18. The van der Waals surface area contributed by atoms with Crippen LogP contribution in [-0.2, 0) is 6.54 Å². The highest BCUT2D eigenvalue weighted by molar-refractivity contribution is 5.18. The Bertz CT molecular complexity index is 273. The Kier molecular flexibility index (Phi) is 2.25. The zero-order chi connectivity index (χ0) is 8.27. The molecular formula is C7H6F2N2. The highest BCUT2D eigenvalue weighted by atomic mass is 19.1. The van der Waals surface area contributed by atoms with E-state index in [-0.39, 0.29) is 12.1 Å². The maximum absolute atomic E-state index is 12.7. The summed E-state index contributed by atoms with van der Waals surface area (Å²) in [6.07, 6.45) is 0. The van der Waals surface area contributed by atoms with Gasteiger partial charge < -0.3 is 0 Å². The lowest BCUT2D eigenvalue weighted by molar-refractivity contribution is 0.571. The number of nitrogens with one attached hydrogen (secondary N) is 1. The lowest BCUT2D eigenvalue weighted by Gasteiger charge is -1.96. The van der Waals surface area contributed by atoms with Crippen molar-refractivity contribution in [2.24, 2.45) is 5.11 Å². The van der Waals surface area contributed by atoms with E-state index < -0.39 is 11.6 Å². The van der Waals surface area contributed by atoms with E-state index in [0.29, 0.717) is 0 Å². The summed E-state index contributed by atoms with van der Waals surface area (Å²) in [5.41, 5.74) is 6.69. The van der Waals surface area contributed by atoms with Gasteiger partial charge in [-0.2, -0.15) is 5.11 Å². The molecule has 0 amide bonds. The molecule has 0 saturated heterocycles. The first-order chi connectivity index (χ1) is 5.24. The molecule has 1 N–H and O–H groups in total. The minimum atomic E-state index is -0.652. The summed E-state index contributed by atoms with van der Waals surface area (Å²) in [5.74, 6) is -1.27. The van der Waals surface area contributed by atoms with Crippen molar-refractivity contribution in [3.63, 3.8) is 0 Å². The van der Waals surface area contributed by atoms with Gasteiger partial charge in [-0.3, -0.25) is 0 Å². The molecule has 4 heteroatoms. The van der Waals surface area contributed by atoms with Crippen LogP contribution in [0.4, 0.5) is 8.78 Å².